The van der Waals surface area contributed by atoms with Crippen molar-refractivity contribution >= 4 is 28.5 Å². The fraction of sp³-hybridized carbons (Fsp3) is 0.364. The lowest BCUT2D eigenvalue weighted by atomic mass is 10.1. The highest BCUT2D eigenvalue weighted by atomic mass is 35.5. The Morgan fingerprint density at radius 2 is 1.87 bits per heavy atom. The summed E-state index contributed by atoms with van der Waals surface area (Å²) < 4.78 is 2.47. The van der Waals surface area contributed by atoms with Crippen LogP contribution in [0.25, 0.3) is 11.0 Å². The zero-order valence-electron chi connectivity index (χ0n) is 17.0. The van der Waals surface area contributed by atoms with Gasteiger partial charge >= 0.3 is 5.69 Å². The molecule has 4 rings (SSSR count). The molecule has 3 heterocycles. The number of halogens is 1. The van der Waals surface area contributed by atoms with E-state index in [1.54, 1.807) is 49.2 Å². The fourth-order valence-electron chi connectivity index (χ4n) is 4.00. The molecule has 0 saturated carbocycles. The summed E-state index contributed by atoms with van der Waals surface area (Å²) in [5, 5.41) is 0.705. The minimum Gasteiger partial charge on any atom is -0.339 e. The van der Waals surface area contributed by atoms with E-state index in [-0.39, 0.29) is 23.5 Å². The van der Waals surface area contributed by atoms with Crippen LogP contribution >= 0.6 is 11.6 Å². The van der Waals surface area contributed by atoms with Gasteiger partial charge in [0, 0.05) is 30.9 Å². The molecule has 2 aromatic heterocycles. The van der Waals surface area contributed by atoms with Crippen LogP contribution in [0.1, 0.15) is 40.9 Å². The third-order valence-electron chi connectivity index (χ3n) is 5.53. The van der Waals surface area contributed by atoms with E-state index in [2.05, 4.69) is 4.98 Å². The summed E-state index contributed by atoms with van der Waals surface area (Å²) in [6.45, 7) is 3.16. The van der Waals surface area contributed by atoms with Crippen LogP contribution < -0.4 is 11.2 Å². The minimum atomic E-state index is -0.513. The van der Waals surface area contributed by atoms with E-state index in [1.807, 2.05) is 0 Å². The monoisotopic (exact) mass is 426 g/mol. The Labute approximate surface area is 178 Å². The first-order chi connectivity index (χ1) is 14.4. The van der Waals surface area contributed by atoms with Gasteiger partial charge in [-0.05, 0) is 49.9 Å². The van der Waals surface area contributed by atoms with Crippen LogP contribution in [0.5, 0.6) is 0 Å². The molecule has 1 aromatic carbocycles. The number of benzene rings is 1. The van der Waals surface area contributed by atoms with Crippen LogP contribution in [0.3, 0.4) is 0 Å². The number of rotatable bonds is 3. The van der Waals surface area contributed by atoms with Gasteiger partial charge < -0.3 is 4.90 Å². The van der Waals surface area contributed by atoms with Gasteiger partial charge in [-0.25, -0.2) is 9.78 Å². The minimum absolute atomic E-state index is 0.0627. The molecule has 1 aliphatic heterocycles. The van der Waals surface area contributed by atoms with E-state index in [0.717, 1.165) is 29.4 Å². The number of piperidine rings is 1. The van der Waals surface area contributed by atoms with E-state index in [1.165, 1.54) is 4.57 Å². The van der Waals surface area contributed by atoms with Crippen molar-refractivity contribution in [2.75, 3.05) is 13.1 Å². The molecule has 0 spiro atoms. The number of amides is 1. The van der Waals surface area contributed by atoms with Crippen LogP contribution in [0.2, 0.25) is 5.02 Å². The zero-order valence-corrected chi connectivity index (χ0v) is 17.8. The normalized spacial score (nSPS) is 14.3. The molecule has 30 heavy (non-hydrogen) atoms. The third-order valence-corrected chi connectivity index (χ3v) is 5.76. The van der Waals surface area contributed by atoms with Crippen molar-refractivity contribution in [3.8, 4) is 0 Å². The Morgan fingerprint density at radius 1 is 1.13 bits per heavy atom. The topological polar surface area (TPSA) is 77.2 Å². The first-order valence-electron chi connectivity index (χ1n) is 10.0. The third kappa shape index (κ3) is 3.65. The van der Waals surface area contributed by atoms with Crippen LogP contribution in [0, 0.1) is 6.92 Å². The number of carbonyl (C=O) groups is 1. The number of aromatic nitrogens is 3. The van der Waals surface area contributed by atoms with Crippen LogP contribution in [0.4, 0.5) is 0 Å². The molecule has 3 aromatic rings. The van der Waals surface area contributed by atoms with Gasteiger partial charge in [-0.15, -0.1) is 0 Å². The highest BCUT2D eigenvalue weighted by Gasteiger charge is 2.25. The van der Waals surface area contributed by atoms with Gasteiger partial charge in [-0.2, -0.15) is 0 Å². The van der Waals surface area contributed by atoms with Gasteiger partial charge in [0.1, 0.15) is 5.65 Å². The average Bonchev–Trinajstić information content (AvgIpc) is 2.74. The first-order valence-corrected chi connectivity index (χ1v) is 10.4. The van der Waals surface area contributed by atoms with Crippen molar-refractivity contribution < 1.29 is 4.79 Å². The maximum atomic E-state index is 13.4. The zero-order chi connectivity index (χ0) is 21.4. The molecule has 0 bridgehead atoms. The Morgan fingerprint density at radius 3 is 2.57 bits per heavy atom. The molecule has 1 saturated heterocycles. The second-order valence-corrected chi connectivity index (χ2v) is 8.16. The molecule has 0 unspecified atom stereocenters. The Bertz CT molecular complexity index is 1260. The molecule has 0 atom stereocenters. The second-order valence-electron chi connectivity index (χ2n) is 7.73. The number of aryl methyl sites for hydroxylation is 2. The standard InChI is InChI=1S/C22H23ClN4O3/c1-14-11-17(20(28)26-9-4-3-5-10-26)18-19(24-14)25(2)22(30)27(21(18)29)13-15-7-6-8-16(23)12-15/h6-8,11-12H,3-5,9-10,13H2,1-2H3. The van der Waals surface area contributed by atoms with E-state index in [0.29, 0.717) is 29.4 Å². The van der Waals surface area contributed by atoms with Crippen molar-refractivity contribution in [1.82, 2.24) is 19.0 Å². The SMILES string of the molecule is Cc1cc(C(=O)N2CCCCC2)c2c(=O)n(Cc3cccc(Cl)c3)c(=O)n(C)c2n1. The van der Waals surface area contributed by atoms with Crippen molar-refractivity contribution in [3.05, 3.63) is 73.0 Å². The Balaban J connectivity index is 1.93. The summed E-state index contributed by atoms with van der Waals surface area (Å²) in [4.78, 5) is 45.8. The predicted molar refractivity (Wildman–Crippen MR) is 116 cm³/mol. The summed E-state index contributed by atoms with van der Waals surface area (Å²) in [7, 11) is 1.57. The van der Waals surface area contributed by atoms with Crippen molar-refractivity contribution in [2.24, 2.45) is 7.05 Å². The number of nitrogens with zero attached hydrogens (tertiary/aromatic N) is 4. The molecule has 7 nitrogen and oxygen atoms in total. The number of hydrogen-bond acceptors (Lipinski definition) is 4. The summed E-state index contributed by atoms with van der Waals surface area (Å²) >= 11 is 6.06. The van der Waals surface area contributed by atoms with Crippen LogP contribution in [-0.4, -0.2) is 38.0 Å². The number of carbonyl (C=O) groups excluding carboxylic acids is 1. The van der Waals surface area contributed by atoms with Crippen molar-refractivity contribution in [2.45, 2.75) is 32.7 Å². The summed E-state index contributed by atoms with van der Waals surface area (Å²) in [5.41, 5.74) is 0.852. The van der Waals surface area contributed by atoms with E-state index < -0.39 is 11.2 Å². The lowest BCUT2D eigenvalue weighted by molar-refractivity contribution is 0.0726. The molecule has 0 radical (unpaired) electrons. The lowest BCUT2D eigenvalue weighted by Crippen LogP contribution is -2.41. The van der Waals surface area contributed by atoms with Crippen molar-refractivity contribution in [3.63, 3.8) is 0 Å². The van der Waals surface area contributed by atoms with E-state index in [4.69, 9.17) is 11.6 Å². The maximum Gasteiger partial charge on any atom is 0.332 e. The number of fused-ring (bicyclic) bond motifs is 1. The summed E-state index contributed by atoms with van der Waals surface area (Å²) in [6, 6.07) is 8.66. The quantitative estimate of drug-likeness (QED) is 0.645. The maximum absolute atomic E-state index is 13.4. The Kier molecular flexibility index (Phi) is 5.47. The second kappa shape index (κ2) is 8.07. The fourth-order valence-corrected chi connectivity index (χ4v) is 4.21. The van der Waals surface area contributed by atoms with Gasteiger partial charge in [-0.3, -0.25) is 18.7 Å². The number of hydrogen-bond donors (Lipinski definition) is 0. The van der Waals surface area contributed by atoms with Crippen molar-refractivity contribution in [1.29, 1.82) is 0 Å². The smallest absolute Gasteiger partial charge is 0.332 e. The molecule has 1 fully saturated rings. The molecule has 0 N–H and O–H groups in total. The lowest BCUT2D eigenvalue weighted by Gasteiger charge is -2.27. The molecule has 156 valence electrons. The highest BCUT2D eigenvalue weighted by molar-refractivity contribution is 6.30. The van der Waals surface area contributed by atoms with E-state index in [9.17, 15) is 14.4 Å². The molecular weight excluding hydrogens is 404 g/mol. The van der Waals surface area contributed by atoms with Gasteiger partial charge in [0.2, 0.25) is 0 Å². The largest absolute Gasteiger partial charge is 0.339 e. The van der Waals surface area contributed by atoms with Gasteiger partial charge in [0.25, 0.3) is 11.5 Å². The predicted octanol–water partition coefficient (Wildman–Crippen LogP) is 2.73. The molecule has 8 heteroatoms. The molecule has 0 aliphatic carbocycles. The van der Waals surface area contributed by atoms with Gasteiger partial charge in [0.05, 0.1) is 17.5 Å². The number of pyridine rings is 1. The van der Waals surface area contributed by atoms with Gasteiger partial charge in [-0.1, -0.05) is 23.7 Å². The Hall–Kier alpha value is -2.93. The van der Waals surface area contributed by atoms with Crippen LogP contribution in [0.15, 0.2) is 39.9 Å². The first kappa shape index (κ1) is 20.3. The summed E-state index contributed by atoms with van der Waals surface area (Å²) in [6.07, 6.45) is 3.00. The summed E-state index contributed by atoms with van der Waals surface area (Å²) in [5.74, 6) is -0.185. The van der Waals surface area contributed by atoms with E-state index >= 15 is 0 Å². The number of likely N-dealkylation sites (tertiary alicyclic amines) is 1. The molecular formula is C22H23ClN4O3. The molecule has 1 aliphatic rings. The highest BCUT2D eigenvalue weighted by Crippen LogP contribution is 2.19. The van der Waals surface area contributed by atoms with Gasteiger partial charge in [0.15, 0.2) is 0 Å². The van der Waals surface area contributed by atoms with Crippen LogP contribution in [-0.2, 0) is 13.6 Å². The molecule has 1 amide bonds. The average molecular weight is 427 g/mol.